The monoisotopic (exact) mass is 279 g/mol. The van der Waals surface area contributed by atoms with Crippen LogP contribution in [0.3, 0.4) is 0 Å². The van der Waals surface area contributed by atoms with E-state index in [2.05, 4.69) is 10.5 Å². The molecule has 1 aromatic carbocycles. The maximum absolute atomic E-state index is 11.1. The van der Waals surface area contributed by atoms with Crippen LogP contribution in [0.5, 0.6) is 0 Å². The van der Waals surface area contributed by atoms with Crippen LogP contribution in [0.15, 0.2) is 57.1 Å². The SMILES string of the molecule is C/C(=N\Nc1ccc(S(N)(=O)=O)cc1)c1ccco1. The Morgan fingerprint density at radius 3 is 2.47 bits per heavy atom. The highest BCUT2D eigenvalue weighted by molar-refractivity contribution is 7.89. The Morgan fingerprint density at radius 1 is 1.26 bits per heavy atom. The molecule has 0 spiro atoms. The van der Waals surface area contributed by atoms with Gasteiger partial charge in [0.05, 0.1) is 16.8 Å². The van der Waals surface area contributed by atoms with E-state index in [1.807, 2.05) is 0 Å². The molecule has 0 aliphatic rings. The molecule has 0 unspecified atom stereocenters. The topological polar surface area (TPSA) is 97.7 Å². The molecule has 0 aliphatic heterocycles. The lowest BCUT2D eigenvalue weighted by Gasteiger charge is -2.03. The van der Waals surface area contributed by atoms with Gasteiger partial charge in [-0.3, -0.25) is 5.43 Å². The predicted molar refractivity (Wildman–Crippen MR) is 72.4 cm³/mol. The average molecular weight is 279 g/mol. The van der Waals surface area contributed by atoms with Crippen molar-refractivity contribution in [3.63, 3.8) is 0 Å². The number of benzene rings is 1. The van der Waals surface area contributed by atoms with Gasteiger partial charge >= 0.3 is 0 Å². The van der Waals surface area contributed by atoms with Crippen LogP contribution in [-0.2, 0) is 10.0 Å². The molecule has 0 saturated carbocycles. The maximum Gasteiger partial charge on any atom is 0.238 e. The number of nitrogens with two attached hydrogens (primary N) is 1. The molecule has 0 aliphatic carbocycles. The first-order valence-electron chi connectivity index (χ1n) is 5.44. The molecule has 0 atom stereocenters. The molecule has 0 fully saturated rings. The van der Waals surface area contributed by atoms with Gasteiger partial charge in [0.15, 0.2) is 0 Å². The third-order valence-corrected chi connectivity index (χ3v) is 3.34. The Bertz CT molecular complexity index is 674. The van der Waals surface area contributed by atoms with Crippen molar-refractivity contribution in [2.24, 2.45) is 10.2 Å². The summed E-state index contributed by atoms with van der Waals surface area (Å²) in [5.41, 5.74) is 4.14. The molecule has 0 radical (unpaired) electrons. The first kappa shape index (κ1) is 13.3. The van der Waals surface area contributed by atoms with Gasteiger partial charge in [0, 0.05) is 0 Å². The number of rotatable bonds is 4. The van der Waals surface area contributed by atoms with Gasteiger partial charge in [-0.1, -0.05) is 0 Å². The first-order valence-corrected chi connectivity index (χ1v) is 6.98. The number of sulfonamides is 1. The number of hydrogen-bond donors (Lipinski definition) is 2. The number of furan rings is 1. The number of nitrogens with one attached hydrogen (secondary N) is 1. The lowest BCUT2D eigenvalue weighted by atomic mass is 10.3. The van der Waals surface area contributed by atoms with Gasteiger partial charge < -0.3 is 4.42 Å². The summed E-state index contributed by atoms with van der Waals surface area (Å²) >= 11 is 0. The van der Waals surface area contributed by atoms with Crippen LogP contribution in [0.25, 0.3) is 0 Å². The van der Waals surface area contributed by atoms with Gasteiger partial charge in [-0.05, 0) is 43.3 Å². The van der Waals surface area contributed by atoms with Crippen LogP contribution >= 0.6 is 0 Å². The van der Waals surface area contributed by atoms with E-state index in [1.54, 1.807) is 37.5 Å². The fraction of sp³-hybridized carbons (Fsp3) is 0.0833. The Balaban J connectivity index is 2.11. The molecule has 7 heteroatoms. The third kappa shape index (κ3) is 3.43. The van der Waals surface area contributed by atoms with E-state index in [1.165, 1.54) is 12.1 Å². The standard InChI is InChI=1S/C12H13N3O3S/c1-9(12-3-2-8-18-12)14-15-10-4-6-11(7-5-10)19(13,16)17/h2-8,15H,1H3,(H2,13,16,17)/b14-9+. The van der Waals surface area contributed by atoms with E-state index in [4.69, 9.17) is 9.56 Å². The Kier molecular flexibility index (Phi) is 3.68. The molecule has 0 saturated heterocycles. The molecular weight excluding hydrogens is 266 g/mol. The van der Waals surface area contributed by atoms with Gasteiger partial charge in [0.25, 0.3) is 0 Å². The minimum Gasteiger partial charge on any atom is -0.463 e. The number of hydrogen-bond acceptors (Lipinski definition) is 5. The summed E-state index contributed by atoms with van der Waals surface area (Å²) < 4.78 is 27.3. The minimum atomic E-state index is -3.66. The Morgan fingerprint density at radius 2 is 1.95 bits per heavy atom. The van der Waals surface area contributed by atoms with E-state index < -0.39 is 10.0 Å². The fourth-order valence-corrected chi connectivity index (χ4v) is 1.92. The molecule has 19 heavy (non-hydrogen) atoms. The van der Waals surface area contributed by atoms with Gasteiger partial charge in [-0.15, -0.1) is 0 Å². The number of anilines is 1. The van der Waals surface area contributed by atoms with Crippen LogP contribution < -0.4 is 10.6 Å². The van der Waals surface area contributed by atoms with Gasteiger partial charge in [0.2, 0.25) is 10.0 Å². The highest BCUT2D eigenvalue weighted by Crippen LogP contribution is 2.13. The first-order chi connectivity index (χ1) is 8.97. The molecule has 100 valence electrons. The normalized spacial score (nSPS) is 12.4. The van der Waals surface area contributed by atoms with Crippen LogP contribution in [0.2, 0.25) is 0 Å². The summed E-state index contributed by atoms with van der Waals surface area (Å²) in [5.74, 6) is 0.661. The quantitative estimate of drug-likeness (QED) is 0.658. The summed E-state index contributed by atoms with van der Waals surface area (Å²) in [6, 6.07) is 9.56. The molecule has 1 heterocycles. The Labute approximate surface area is 111 Å². The van der Waals surface area contributed by atoms with Crippen LogP contribution in [0.1, 0.15) is 12.7 Å². The second-order valence-electron chi connectivity index (χ2n) is 3.86. The van der Waals surface area contributed by atoms with Crippen molar-refractivity contribution in [3.8, 4) is 0 Å². The number of hydrazone groups is 1. The third-order valence-electron chi connectivity index (χ3n) is 2.41. The van der Waals surface area contributed by atoms with Gasteiger partial charge in [-0.25, -0.2) is 13.6 Å². The van der Waals surface area contributed by atoms with Crippen molar-refractivity contribution < 1.29 is 12.8 Å². The van der Waals surface area contributed by atoms with Crippen LogP contribution in [0.4, 0.5) is 5.69 Å². The zero-order chi connectivity index (χ0) is 13.9. The van der Waals surface area contributed by atoms with Crippen molar-refractivity contribution in [1.82, 2.24) is 0 Å². The second-order valence-corrected chi connectivity index (χ2v) is 5.42. The smallest absolute Gasteiger partial charge is 0.238 e. The van der Waals surface area contributed by atoms with Gasteiger partial charge in [-0.2, -0.15) is 5.10 Å². The van der Waals surface area contributed by atoms with Crippen molar-refractivity contribution in [3.05, 3.63) is 48.4 Å². The van der Waals surface area contributed by atoms with Crippen molar-refractivity contribution >= 4 is 21.4 Å². The van der Waals surface area contributed by atoms with Crippen molar-refractivity contribution in [2.45, 2.75) is 11.8 Å². The van der Waals surface area contributed by atoms with Crippen LogP contribution in [0, 0.1) is 0 Å². The van der Waals surface area contributed by atoms with Crippen LogP contribution in [-0.4, -0.2) is 14.1 Å². The molecular formula is C12H13N3O3S. The van der Waals surface area contributed by atoms with E-state index in [0.717, 1.165) is 0 Å². The van der Waals surface area contributed by atoms with E-state index in [0.29, 0.717) is 17.2 Å². The van der Waals surface area contributed by atoms with Crippen molar-refractivity contribution in [2.75, 3.05) is 5.43 Å². The highest BCUT2D eigenvalue weighted by Gasteiger charge is 2.06. The zero-order valence-electron chi connectivity index (χ0n) is 10.2. The molecule has 2 rings (SSSR count). The second kappa shape index (κ2) is 5.25. The Hall–Kier alpha value is -2.12. The predicted octanol–water partition coefficient (Wildman–Crippen LogP) is 1.76. The average Bonchev–Trinajstić information content (AvgIpc) is 2.89. The number of nitrogens with zero attached hydrogens (tertiary/aromatic N) is 1. The fourth-order valence-electron chi connectivity index (χ4n) is 1.41. The minimum absolute atomic E-state index is 0.0600. The summed E-state index contributed by atoms with van der Waals surface area (Å²) in [6.45, 7) is 1.80. The highest BCUT2D eigenvalue weighted by atomic mass is 32.2. The largest absolute Gasteiger partial charge is 0.463 e. The molecule has 0 bridgehead atoms. The molecule has 0 amide bonds. The van der Waals surface area contributed by atoms with E-state index in [9.17, 15) is 8.42 Å². The summed E-state index contributed by atoms with van der Waals surface area (Å²) in [7, 11) is -3.66. The molecule has 1 aromatic heterocycles. The lowest BCUT2D eigenvalue weighted by molar-refractivity contribution is 0.557. The van der Waals surface area contributed by atoms with Gasteiger partial charge in [0.1, 0.15) is 11.5 Å². The molecule has 2 aromatic rings. The lowest BCUT2D eigenvalue weighted by Crippen LogP contribution is -2.11. The molecule has 6 nitrogen and oxygen atoms in total. The summed E-state index contributed by atoms with van der Waals surface area (Å²) in [5, 5.41) is 9.13. The maximum atomic E-state index is 11.1. The van der Waals surface area contributed by atoms with Crippen molar-refractivity contribution in [1.29, 1.82) is 0 Å². The summed E-state index contributed by atoms with van der Waals surface area (Å²) in [6.07, 6.45) is 1.56. The summed E-state index contributed by atoms with van der Waals surface area (Å²) in [4.78, 5) is 0.0600. The van der Waals surface area contributed by atoms with E-state index >= 15 is 0 Å². The number of primary sulfonamides is 1. The zero-order valence-corrected chi connectivity index (χ0v) is 11.0. The molecule has 3 N–H and O–H groups in total. The van der Waals surface area contributed by atoms with E-state index in [-0.39, 0.29) is 4.90 Å².